The molecule has 5 nitrogen and oxygen atoms in total. The average molecular weight is 213 g/mol. The number of carbonyl (C=O) groups excluding carboxylic acids is 1. The summed E-state index contributed by atoms with van der Waals surface area (Å²) in [4.78, 5) is 18.7. The van der Waals surface area contributed by atoms with E-state index in [1.807, 2.05) is 0 Å². The fraction of sp³-hybridized carbons (Fsp3) is 0.375. The van der Waals surface area contributed by atoms with Crippen LogP contribution in [0.1, 0.15) is 6.42 Å². The van der Waals surface area contributed by atoms with Crippen molar-refractivity contribution in [1.82, 2.24) is 9.97 Å². The monoisotopic (exact) mass is 213 g/mol. The van der Waals surface area contributed by atoms with Crippen molar-refractivity contribution < 1.29 is 9.53 Å². The van der Waals surface area contributed by atoms with Gasteiger partial charge in [0, 0.05) is 11.9 Å². The topological polar surface area (TPSA) is 78.1 Å². The number of nitrogens with two attached hydrogens (primary N) is 1. The van der Waals surface area contributed by atoms with E-state index in [0.29, 0.717) is 23.1 Å². The van der Waals surface area contributed by atoms with E-state index >= 15 is 0 Å². The molecule has 1 rings (SSSR count). The Morgan fingerprint density at radius 3 is 3.14 bits per heavy atom. The molecule has 0 spiro atoms. The van der Waals surface area contributed by atoms with Crippen molar-refractivity contribution in [3.05, 3.63) is 12.3 Å². The summed E-state index contributed by atoms with van der Waals surface area (Å²) in [5.41, 5.74) is 5.46. The van der Waals surface area contributed by atoms with Crippen LogP contribution in [0.2, 0.25) is 0 Å². The molecule has 0 atom stereocenters. The van der Waals surface area contributed by atoms with E-state index in [0.717, 1.165) is 0 Å². The first-order valence-electron chi connectivity index (χ1n) is 4.00. The van der Waals surface area contributed by atoms with Gasteiger partial charge in [0.1, 0.15) is 5.82 Å². The second kappa shape index (κ2) is 5.43. The number of ether oxygens (including phenoxy) is 1. The van der Waals surface area contributed by atoms with Crippen LogP contribution in [0.15, 0.2) is 17.4 Å². The molecule has 2 N–H and O–H groups in total. The number of rotatable bonds is 4. The summed E-state index contributed by atoms with van der Waals surface area (Å²) in [6.07, 6.45) is 1.93. The lowest BCUT2D eigenvalue weighted by Crippen LogP contribution is -2.01. The van der Waals surface area contributed by atoms with E-state index in [-0.39, 0.29) is 5.97 Å². The number of nitrogen functional groups attached to an aromatic ring is 1. The molecule has 0 radical (unpaired) electrons. The van der Waals surface area contributed by atoms with Gasteiger partial charge in [-0.3, -0.25) is 4.79 Å². The summed E-state index contributed by atoms with van der Waals surface area (Å²) in [5, 5.41) is 0.578. The molecule has 0 fully saturated rings. The third kappa shape index (κ3) is 3.61. The highest BCUT2D eigenvalue weighted by atomic mass is 32.2. The molecular weight excluding hydrogens is 202 g/mol. The molecule has 0 aliphatic rings. The minimum atomic E-state index is -0.235. The van der Waals surface area contributed by atoms with E-state index in [2.05, 4.69) is 14.7 Å². The Morgan fingerprint density at radius 2 is 2.50 bits per heavy atom. The molecule has 1 aromatic rings. The van der Waals surface area contributed by atoms with Gasteiger partial charge >= 0.3 is 5.97 Å². The molecule has 0 saturated heterocycles. The number of hydrogen-bond acceptors (Lipinski definition) is 6. The summed E-state index contributed by atoms with van der Waals surface area (Å²) in [5.74, 6) is 0.790. The Bertz CT molecular complexity index is 319. The number of carbonyl (C=O) groups is 1. The number of aromatic nitrogens is 2. The predicted octanol–water partition coefficient (Wildman–Crippen LogP) is 0.714. The van der Waals surface area contributed by atoms with Gasteiger partial charge in [0.2, 0.25) is 0 Å². The molecule has 0 aliphatic heterocycles. The molecule has 0 aromatic carbocycles. The molecule has 0 saturated carbocycles. The molecule has 0 bridgehead atoms. The molecule has 0 aliphatic carbocycles. The van der Waals surface area contributed by atoms with Gasteiger partial charge in [-0.25, -0.2) is 9.97 Å². The lowest BCUT2D eigenvalue weighted by molar-refractivity contribution is -0.140. The number of nitrogens with zero attached hydrogens (tertiary/aromatic N) is 2. The van der Waals surface area contributed by atoms with E-state index in [1.54, 1.807) is 12.3 Å². The quantitative estimate of drug-likeness (QED) is 0.451. The third-order valence-corrected chi connectivity index (χ3v) is 2.28. The van der Waals surface area contributed by atoms with Gasteiger partial charge in [0.15, 0.2) is 5.16 Å². The van der Waals surface area contributed by atoms with Crippen LogP contribution in [0, 0.1) is 0 Å². The molecule has 0 unspecified atom stereocenters. The van der Waals surface area contributed by atoms with Gasteiger partial charge in [-0.15, -0.1) is 0 Å². The van der Waals surface area contributed by atoms with Crippen LogP contribution in [0.25, 0.3) is 0 Å². The van der Waals surface area contributed by atoms with Crippen LogP contribution in [0.5, 0.6) is 0 Å². The van der Waals surface area contributed by atoms with Crippen molar-refractivity contribution >= 4 is 23.5 Å². The number of hydrogen-bond donors (Lipinski definition) is 1. The van der Waals surface area contributed by atoms with Crippen LogP contribution in [-0.4, -0.2) is 28.8 Å². The highest BCUT2D eigenvalue weighted by molar-refractivity contribution is 7.99. The number of methoxy groups -OCH3 is 1. The Hall–Kier alpha value is -1.30. The summed E-state index contributed by atoms with van der Waals surface area (Å²) in [7, 11) is 1.37. The highest BCUT2D eigenvalue weighted by Crippen LogP contribution is 2.14. The van der Waals surface area contributed by atoms with Crippen LogP contribution in [-0.2, 0) is 9.53 Å². The smallest absolute Gasteiger partial charge is 0.306 e. The maximum absolute atomic E-state index is 10.8. The fourth-order valence-corrected chi connectivity index (χ4v) is 1.51. The molecule has 1 heterocycles. The summed E-state index contributed by atoms with van der Waals surface area (Å²) in [6, 6.07) is 1.62. The first-order valence-corrected chi connectivity index (χ1v) is 4.99. The fourth-order valence-electron chi connectivity index (χ4n) is 0.751. The number of anilines is 1. The van der Waals surface area contributed by atoms with Crippen molar-refractivity contribution in [3.8, 4) is 0 Å². The Balaban J connectivity index is 2.35. The minimum Gasteiger partial charge on any atom is -0.469 e. The first-order chi connectivity index (χ1) is 6.72. The lowest BCUT2D eigenvalue weighted by Gasteiger charge is -1.99. The maximum Gasteiger partial charge on any atom is 0.306 e. The van der Waals surface area contributed by atoms with Gasteiger partial charge in [-0.1, -0.05) is 11.8 Å². The van der Waals surface area contributed by atoms with Crippen molar-refractivity contribution in [3.63, 3.8) is 0 Å². The standard InChI is InChI=1S/C8H11N3O2S/c1-13-7(12)3-5-14-8-10-4-2-6(9)11-8/h2,4H,3,5H2,1H3,(H2,9,10,11). The van der Waals surface area contributed by atoms with E-state index in [1.165, 1.54) is 18.9 Å². The summed E-state index contributed by atoms with van der Waals surface area (Å²) < 4.78 is 4.49. The van der Waals surface area contributed by atoms with Crippen LogP contribution in [0.3, 0.4) is 0 Å². The maximum atomic E-state index is 10.8. The van der Waals surface area contributed by atoms with Crippen molar-refractivity contribution in [2.75, 3.05) is 18.6 Å². The zero-order valence-electron chi connectivity index (χ0n) is 7.77. The highest BCUT2D eigenvalue weighted by Gasteiger charge is 2.02. The Labute approximate surface area is 86.1 Å². The average Bonchev–Trinajstić information content (AvgIpc) is 2.17. The Kier molecular flexibility index (Phi) is 4.18. The molecule has 6 heteroatoms. The van der Waals surface area contributed by atoms with E-state index in [9.17, 15) is 4.79 Å². The van der Waals surface area contributed by atoms with Gasteiger partial charge in [-0.2, -0.15) is 0 Å². The third-order valence-electron chi connectivity index (χ3n) is 1.42. The SMILES string of the molecule is COC(=O)CCSc1nccc(N)n1. The van der Waals surface area contributed by atoms with Gasteiger partial charge in [0.05, 0.1) is 13.5 Å². The molecular formula is C8H11N3O2S. The summed E-state index contributed by atoms with van der Waals surface area (Å²) >= 11 is 1.38. The van der Waals surface area contributed by atoms with Crippen molar-refractivity contribution in [2.24, 2.45) is 0 Å². The number of esters is 1. The van der Waals surface area contributed by atoms with Crippen LogP contribution >= 0.6 is 11.8 Å². The zero-order chi connectivity index (χ0) is 10.4. The van der Waals surface area contributed by atoms with Crippen LogP contribution < -0.4 is 5.73 Å². The van der Waals surface area contributed by atoms with Gasteiger partial charge in [0.25, 0.3) is 0 Å². The van der Waals surface area contributed by atoms with Crippen LogP contribution in [0.4, 0.5) is 5.82 Å². The first kappa shape index (κ1) is 10.8. The van der Waals surface area contributed by atoms with Gasteiger partial charge in [-0.05, 0) is 6.07 Å². The minimum absolute atomic E-state index is 0.235. The molecule has 0 amide bonds. The largest absolute Gasteiger partial charge is 0.469 e. The second-order valence-electron chi connectivity index (χ2n) is 2.44. The van der Waals surface area contributed by atoms with E-state index in [4.69, 9.17) is 5.73 Å². The lowest BCUT2D eigenvalue weighted by atomic mass is 10.5. The summed E-state index contributed by atoms with van der Waals surface area (Å²) in [6.45, 7) is 0. The second-order valence-corrected chi connectivity index (χ2v) is 3.50. The molecule has 14 heavy (non-hydrogen) atoms. The van der Waals surface area contributed by atoms with E-state index < -0.39 is 0 Å². The number of thioether (sulfide) groups is 1. The van der Waals surface area contributed by atoms with Gasteiger partial charge < -0.3 is 10.5 Å². The van der Waals surface area contributed by atoms with Crippen molar-refractivity contribution in [2.45, 2.75) is 11.6 Å². The normalized spacial score (nSPS) is 9.79. The van der Waals surface area contributed by atoms with Crippen molar-refractivity contribution in [1.29, 1.82) is 0 Å². The molecule has 76 valence electrons. The Morgan fingerprint density at radius 1 is 1.71 bits per heavy atom. The zero-order valence-corrected chi connectivity index (χ0v) is 8.58. The predicted molar refractivity (Wildman–Crippen MR) is 53.8 cm³/mol. The molecule has 1 aromatic heterocycles.